The molecule has 0 aromatic carbocycles. The maximum absolute atomic E-state index is 11.8. The summed E-state index contributed by atoms with van der Waals surface area (Å²) in [6.45, 7) is 4.89. The van der Waals surface area contributed by atoms with Gasteiger partial charge < -0.3 is 0 Å². The first kappa shape index (κ1) is 14.3. The number of Topliss-reactive ketones (excluding diaryl/α,β-unsaturated/α-hetero) is 1. The highest BCUT2D eigenvalue weighted by Crippen LogP contribution is 2.59. The highest BCUT2D eigenvalue weighted by atomic mass is 16.1. The van der Waals surface area contributed by atoms with Crippen LogP contribution in [0.3, 0.4) is 0 Å². The van der Waals surface area contributed by atoms with E-state index in [1.165, 1.54) is 44.9 Å². The van der Waals surface area contributed by atoms with Crippen molar-refractivity contribution in [2.75, 3.05) is 0 Å². The van der Waals surface area contributed by atoms with E-state index in [1.807, 2.05) is 0 Å². The van der Waals surface area contributed by atoms with E-state index in [1.54, 1.807) is 0 Å². The van der Waals surface area contributed by atoms with Crippen molar-refractivity contribution in [1.82, 2.24) is 0 Å². The van der Waals surface area contributed by atoms with E-state index in [0.717, 1.165) is 60.2 Å². The van der Waals surface area contributed by atoms with Gasteiger partial charge in [0.1, 0.15) is 5.78 Å². The van der Waals surface area contributed by atoms with Crippen molar-refractivity contribution in [3.63, 3.8) is 0 Å². The molecule has 118 valence electrons. The molecule has 0 amide bonds. The van der Waals surface area contributed by atoms with E-state index in [4.69, 9.17) is 0 Å². The van der Waals surface area contributed by atoms with Gasteiger partial charge in [-0.15, -0.1) is 0 Å². The van der Waals surface area contributed by atoms with Crippen LogP contribution in [0.1, 0.15) is 71.6 Å². The summed E-state index contributed by atoms with van der Waals surface area (Å²) < 4.78 is 0. The predicted octanol–water partition coefficient (Wildman–Crippen LogP) is 5.09. The summed E-state index contributed by atoms with van der Waals surface area (Å²) in [4.78, 5) is 11.8. The predicted molar refractivity (Wildman–Crippen MR) is 85.8 cm³/mol. The number of carbonyl (C=O) groups excluding carboxylic acids is 1. The maximum atomic E-state index is 11.8. The van der Waals surface area contributed by atoms with Crippen LogP contribution >= 0.6 is 0 Å². The third-order valence-corrected chi connectivity index (χ3v) is 8.00. The Balaban J connectivity index is 1.51. The van der Waals surface area contributed by atoms with Crippen molar-refractivity contribution >= 4 is 5.78 Å². The topological polar surface area (TPSA) is 17.1 Å². The second-order valence-electron chi connectivity index (χ2n) is 9.00. The van der Waals surface area contributed by atoms with Crippen molar-refractivity contribution in [3.05, 3.63) is 0 Å². The number of carbonyl (C=O) groups is 1. The summed E-state index contributed by atoms with van der Waals surface area (Å²) in [7, 11) is 0. The first-order valence-electron chi connectivity index (χ1n) is 9.67. The molecule has 0 aromatic rings. The molecule has 21 heavy (non-hydrogen) atoms. The standard InChI is InChI=1S/C20H32O/c1-12(2)15-7-8-20-17(15)9-10-18-16-6-4-14(21)11-13(16)3-5-19(18)20/h12-13,15-20H,3-11H2,1-2H3/t13-,15?,16?,17?,18?,19?,20+/m0/s1. The third-order valence-electron chi connectivity index (χ3n) is 8.00. The van der Waals surface area contributed by atoms with Crippen LogP contribution in [-0.4, -0.2) is 5.78 Å². The van der Waals surface area contributed by atoms with Crippen LogP contribution < -0.4 is 0 Å². The van der Waals surface area contributed by atoms with Crippen molar-refractivity contribution in [3.8, 4) is 0 Å². The molecule has 4 saturated carbocycles. The highest BCUT2D eigenvalue weighted by molar-refractivity contribution is 5.79. The number of hydrogen-bond donors (Lipinski definition) is 0. The molecule has 4 aliphatic carbocycles. The molecule has 1 nitrogen and oxygen atoms in total. The molecule has 0 bridgehead atoms. The highest BCUT2D eigenvalue weighted by Gasteiger charge is 2.51. The fraction of sp³-hybridized carbons (Fsp3) is 0.950. The fourth-order valence-corrected chi connectivity index (χ4v) is 7.19. The average molecular weight is 288 g/mol. The number of rotatable bonds is 1. The second kappa shape index (κ2) is 5.39. The molecule has 4 fully saturated rings. The summed E-state index contributed by atoms with van der Waals surface area (Å²) >= 11 is 0. The van der Waals surface area contributed by atoms with Crippen LogP contribution in [0.15, 0.2) is 0 Å². The van der Waals surface area contributed by atoms with Gasteiger partial charge in [-0.25, -0.2) is 0 Å². The summed E-state index contributed by atoms with van der Waals surface area (Å²) in [6.07, 6.45) is 11.9. The molecule has 1 heteroatoms. The monoisotopic (exact) mass is 288 g/mol. The van der Waals surface area contributed by atoms with E-state index in [2.05, 4.69) is 13.8 Å². The average Bonchev–Trinajstić information content (AvgIpc) is 2.90. The zero-order chi connectivity index (χ0) is 14.6. The van der Waals surface area contributed by atoms with Gasteiger partial charge in [-0.2, -0.15) is 0 Å². The Bertz CT molecular complexity index is 412. The normalized spacial score (nSPS) is 49.7. The van der Waals surface area contributed by atoms with Gasteiger partial charge in [0.2, 0.25) is 0 Å². The first-order valence-corrected chi connectivity index (χ1v) is 9.67. The molecule has 5 unspecified atom stereocenters. The Morgan fingerprint density at radius 2 is 1.38 bits per heavy atom. The summed E-state index contributed by atoms with van der Waals surface area (Å²) in [5.74, 6) is 8.27. The van der Waals surface area contributed by atoms with E-state index < -0.39 is 0 Å². The minimum Gasteiger partial charge on any atom is -0.300 e. The summed E-state index contributed by atoms with van der Waals surface area (Å²) in [5.41, 5.74) is 0. The van der Waals surface area contributed by atoms with Crippen LogP contribution in [0.4, 0.5) is 0 Å². The Morgan fingerprint density at radius 3 is 2.19 bits per heavy atom. The van der Waals surface area contributed by atoms with Gasteiger partial charge in [-0.1, -0.05) is 13.8 Å². The Labute approximate surface area is 130 Å². The molecular weight excluding hydrogens is 256 g/mol. The van der Waals surface area contributed by atoms with Gasteiger partial charge in [-0.05, 0) is 92.3 Å². The minimum absolute atomic E-state index is 0.559. The molecule has 0 saturated heterocycles. The van der Waals surface area contributed by atoms with Gasteiger partial charge in [0.05, 0.1) is 0 Å². The molecule has 0 N–H and O–H groups in total. The maximum Gasteiger partial charge on any atom is 0.133 e. The van der Waals surface area contributed by atoms with Gasteiger partial charge in [0, 0.05) is 12.8 Å². The summed E-state index contributed by atoms with van der Waals surface area (Å²) in [6, 6.07) is 0. The lowest BCUT2D eigenvalue weighted by Gasteiger charge is -2.52. The quantitative estimate of drug-likeness (QED) is 0.657. The lowest BCUT2D eigenvalue weighted by Crippen LogP contribution is -2.45. The van der Waals surface area contributed by atoms with Crippen molar-refractivity contribution < 1.29 is 4.79 Å². The molecule has 0 spiro atoms. The van der Waals surface area contributed by atoms with Crippen LogP contribution in [0, 0.1) is 47.3 Å². The van der Waals surface area contributed by atoms with Crippen LogP contribution in [0.2, 0.25) is 0 Å². The van der Waals surface area contributed by atoms with E-state index in [0.29, 0.717) is 5.78 Å². The SMILES string of the molecule is CC(C)C1CC[C@@H]2C1CCC1C3CCC(=O)C[C@@H]3CCC12. The molecule has 0 aromatic heterocycles. The van der Waals surface area contributed by atoms with E-state index in [9.17, 15) is 4.79 Å². The fourth-order valence-electron chi connectivity index (χ4n) is 7.19. The zero-order valence-corrected chi connectivity index (χ0v) is 13.9. The molecule has 7 atom stereocenters. The molecular formula is C20H32O. The number of ketones is 1. The number of fused-ring (bicyclic) bond motifs is 5. The smallest absolute Gasteiger partial charge is 0.133 e. The Hall–Kier alpha value is -0.330. The molecule has 0 radical (unpaired) electrons. The van der Waals surface area contributed by atoms with Gasteiger partial charge in [-0.3, -0.25) is 4.79 Å². The molecule has 0 aliphatic heterocycles. The van der Waals surface area contributed by atoms with Gasteiger partial charge in [0.25, 0.3) is 0 Å². The van der Waals surface area contributed by atoms with Crippen molar-refractivity contribution in [2.24, 2.45) is 47.3 Å². The molecule has 4 rings (SSSR count). The van der Waals surface area contributed by atoms with Crippen LogP contribution in [-0.2, 0) is 4.79 Å². The van der Waals surface area contributed by atoms with E-state index in [-0.39, 0.29) is 0 Å². The number of hydrogen-bond acceptors (Lipinski definition) is 1. The van der Waals surface area contributed by atoms with Gasteiger partial charge >= 0.3 is 0 Å². The van der Waals surface area contributed by atoms with Crippen LogP contribution in [0.25, 0.3) is 0 Å². The van der Waals surface area contributed by atoms with Gasteiger partial charge in [0.15, 0.2) is 0 Å². The largest absolute Gasteiger partial charge is 0.300 e. The Morgan fingerprint density at radius 1 is 0.762 bits per heavy atom. The molecule has 0 heterocycles. The molecule has 4 aliphatic rings. The first-order chi connectivity index (χ1) is 10.1. The van der Waals surface area contributed by atoms with Crippen LogP contribution in [0.5, 0.6) is 0 Å². The third kappa shape index (κ3) is 2.30. The second-order valence-corrected chi connectivity index (χ2v) is 9.00. The zero-order valence-electron chi connectivity index (χ0n) is 13.9. The van der Waals surface area contributed by atoms with Crippen molar-refractivity contribution in [1.29, 1.82) is 0 Å². The van der Waals surface area contributed by atoms with E-state index >= 15 is 0 Å². The van der Waals surface area contributed by atoms with Crippen molar-refractivity contribution in [2.45, 2.75) is 71.6 Å². The lowest BCUT2D eigenvalue weighted by molar-refractivity contribution is -0.126. The Kier molecular flexibility index (Phi) is 3.66. The minimum atomic E-state index is 0.559. The summed E-state index contributed by atoms with van der Waals surface area (Å²) in [5, 5.41) is 0. The lowest BCUT2D eigenvalue weighted by atomic mass is 9.53.